The van der Waals surface area contributed by atoms with E-state index < -0.39 is 0 Å². The highest BCUT2D eigenvalue weighted by atomic mass is 16.2. The Labute approximate surface area is 161 Å². The van der Waals surface area contributed by atoms with Gasteiger partial charge in [-0.05, 0) is 68.3 Å². The highest BCUT2D eigenvalue weighted by molar-refractivity contribution is 5.83. The highest BCUT2D eigenvalue weighted by Gasteiger charge is 2.60. The third-order valence-electron chi connectivity index (χ3n) is 7.40. The first-order valence-electron chi connectivity index (χ1n) is 10.3. The Balaban J connectivity index is 1.41. The van der Waals surface area contributed by atoms with Gasteiger partial charge in [-0.3, -0.25) is 4.79 Å². The van der Waals surface area contributed by atoms with Crippen molar-refractivity contribution in [2.45, 2.75) is 57.4 Å². The highest BCUT2D eigenvalue weighted by Crippen LogP contribution is 2.65. The van der Waals surface area contributed by atoms with Crippen LogP contribution in [-0.2, 0) is 23.8 Å². The van der Waals surface area contributed by atoms with Crippen LogP contribution in [0.4, 0.5) is 0 Å². The predicted octanol–water partition coefficient (Wildman–Crippen LogP) is 3.88. The fourth-order valence-electron chi connectivity index (χ4n) is 6.69. The Hall–Kier alpha value is -2.10. The van der Waals surface area contributed by atoms with Crippen LogP contribution in [0.2, 0.25) is 0 Å². The van der Waals surface area contributed by atoms with Crippen LogP contribution < -0.4 is 5.32 Å². The van der Waals surface area contributed by atoms with Gasteiger partial charge in [-0.25, -0.2) is 4.98 Å². The second-order valence-corrected chi connectivity index (χ2v) is 9.60. The number of hydrogen-bond acceptors (Lipinski definition) is 2. The molecule has 0 aliphatic heterocycles. The van der Waals surface area contributed by atoms with Crippen molar-refractivity contribution in [2.75, 3.05) is 0 Å². The fraction of sp³-hybridized carbons (Fsp3) is 0.565. The minimum atomic E-state index is -0.177. The number of imidazole rings is 1. The summed E-state index contributed by atoms with van der Waals surface area (Å²) >= 11 is 0. The zero-order valence-corrected chi connectivity index (χ0v) is 16.4. The smallest absolute Gasteiger partial charge is 0.226 e. The molecule has 0 saturated heterocycles. The monoisotopic (exact) mass is 363 g/mol. The van der Waals surface area contributed by atoms with E-state index in [-0.39, 0.29) is 16.7 Å². The van der Waals surface area contributed by atoms with Gasteiger partial charge >= 0.3 is 0 Å². The summed E-state index contributed by atoms with van der Waals surface area (Å²) in [7, 11) is 1.96. The molecule has 4 aliphatic rings. The van der Waals surface area contributed by atoms with E-state index in [9.17, 15) is 4.79 Å². The van der Waals surface area contributed by atoms with Gasteiger partial charge in [-0.1, -0.05) is 29.8 Å². The van der Waals surface area contributed by atoms with E-state index in [4.69, 9.17) is 0 Å². The van der Waals surface area contributed by atoms with Gasteiger partial charge in [-0.2, -0.15) is 0 Å². The number of rotatable bonds is 4. The first-order valence-corrected chi connectivity index (χ1v) is 10.3. The molecular weight excluding hydrogens is 334 g/mol. The van der Waals surface area contributed by atoms with Crippen LogP contribution in [0.15, 0.2) is 36.8 Å². The molecule has 4 fully saturated rings. The number of benzene rings is 1. The summed E-state index contributed by atoms with van der Waals surface area (Å²) in [6.07, 6.45) is 10.8. The minimum absolute atomic E-state index is 0.177. The number of nitrogens with zero attached hydrogens (tertiary/aromatic N) is 2. The molecule has 2 aromatic rings. The first-order chi connectivity index (χ1) is 13.0. The normalized spacial score (nSPS) is 34.0. The minimum Gasteiger partial charge on any atom is -0.350 e. The summed E-state index contributed by atoms with van der Waals surface area (Å²) in [5.74, 6) is 1.67. The number of hydrogen-bond donors (Lipinski definition) is 1. The summed E-state index contributed by atoms with van der Waals surface area (Å²) in [5, 5.41) is 3.23. The third kappa shape index (κ3) is 2.81. The van der Waals surface area contributed by atoms with Crippen molar-refractivity contribution in [3.05, 3.63) is 53.6 Å². The molecule has 4 heteroatoms. The Morgan fingerprint density at radius 2 is 1.89 bits per heavy atom. The summed E-state index contributed by atoms with van der Waals surface area (Å²) in [5.41, 5.74) is 3.74. The molecule has 1 heterocycles. The molecule has 1 aromatic heterocycles. The summed E-state index contributed by atoms with van der Waals surface area (Å²) in [4.78, 5) is 17.7. The number of carbonyl (C=O) groups is 1. The number of carbonyl (C=O) groups excluding carboxylic acids is 1. The van der Waals surface area contributed by atoms with E-state index in [1.165, 1.54) is 30.4 Å². The largest absolute Gasteiger partial charge is 0.350 e. The van der Waals surface area contributed by atoms with Gasteiger partial charge in [0.25, 0.3) is 0 Å². The molecule has 0 spiro atoms. The number of amides is 1. The van der Waals surface area contributed by atoms with Crippen molar-refractivity contribution in [3.63, 3.8) is 0 Å². The molecule has 142 valence electrons. The number of aromatic nitrogens is 2. The van der Waals surface area contributed by atoms with Crippen molar-refractivity contribution in [2.24, 2.45) is 24.3 Å². The summed E-state index contributed by atoms with van der Waals surface area (Å²) in [6.45, 7) is 2.68. The van der Waals surface area contributed by atoms with Crippen LogP contribution >= 0.6 is 0 Å². The van der Waals surface area contributed by atoms with E-state index in [0.717, 1.165) is 25.0 Å². The van der Waals surface area contributed by atoms with E-state index in [0.29, 0.717) is 18.4 Å². The molecule has 4 nitrogen and oxygen atoms in total. The maximum absolute atomic E-state index is 13.4. The fourth-order valence-corrected chi connectivity index (χ4v) is 6.69. The summed E-state index contributed by atoms with van der Waals surface area (Å²) < 4.78 is 1.93. The van der Waals surface area contributed by atoms with Crippen molar-refractivity contribution in [3.8, 4) is 0 Å². The van der Waals surface area contributed by atoms with Crippen molar-refractivity contribution in [1.82, 2.24) is 14.9 Å². The standard InChI is InChI=1S/C23H29N3O/c1-16-3-5-19(6-4-16)22-8-17-7-18(9-22)11-23(10-17,14-22)21(27)24-12-20-13-26(2)15-25-20/h3-6,13,15,17-18H,7-12,14H2,1-2H3,(H,24,27). The quantitative estimate of drug-likeness (QED) is 0.896. The zero-order valence-electron chi connectivity index (χ0n) is 16.4. The maximum atomic E-state index is 13.4. The first kappa shape index (κ1) is 17.0. The Bertz CT molecular complexity index is 852. The summed E-state index contributed by atoms with van der Waals surface area (Å²) in [6, 6.07) is 9.12. The SMILES string of the molecule is Cc1ccc(C23CC4CC(CC(C(=O)NCc5cn(C)cn5)(C4)C2)C3)cc1. The Morgan fingerprint density at radius 3 is 2.52 bits per heavy atom. The van der Waals surface area contributed by atoms with Gasteiger partial charge in [-0.15, -0.1) is 0 Å². The molecule has 4 bridgehead atoms. The van der Waals surface area contributed by atoms with E-state index in [2.05, 4.69) is 41.5 Å². The lowest BCUT2D eigenvalue weighted by molar-refractivity contribution is -0.149. The van der Waals surface area contributed by atoms with Crippen molar-refractivity contribution < 1.29 is 4.79 Å². The van der Waals surface area contributed by atoms with Crippen LogP contribution in [0, 0.1) is 24.2 Å². The van der Waals surface area contributed by atoms with Gasteiger partial charge in [0, 0.05) is 13.2 Å². The van der Waals surface area contributed by atoms with Gasteiger partial charge < -0.3 is 9.88 Å². The number of aryl methyl sites for hydroxylation is 2. The molecule has 6 rings (SSSR count). The van der Waals surface area contributed by atoms with Gasteiger partial charge in [0.05, 0.1) is 24.0 Å². The number of nitrogens with one attached hydrogen (secondary N) is 1. The van der Waals surface area contributed by atoms with Crippen molar-refractivity contribution in [1.29, 1.82) is 0 Å². The van der Waals surface area contributed by atoms with Crippen LogP contribution in [0.5, 0.6) is 0 Å². The molecule has 2 unspecified atom stereocenters. The third-order valence-corrected chi connectivity index (χ3v) is 7.40. The molecule has 4 saturated carbocycles. The average Bonchev–Trinajstić information content (AvgIpc) is 3.04. The lowest BCUT2D eigenvalue weighted by Crippen LogP contribution is -2.59. The van der Waals surface area contributed by atoms with Crippen LogP contribution in [0.1, 0.15) is 55.3 Å². The van der Waals surface area contributed by atoms with Crippen molar-refractivity contribution >= 4 is 5.91 Å². The van der Waals surface area contributed by atoms with Crippen LogP contribution in [0.25, 0.3) is 0 Å². The van der Waals surface area contributed by atoms with Gasteiger partial charge in [0.15, 0.2) is 0 Å². The molecule has 1 amide bonds. The van der Waals surface area contributed by atoms with E-state index >= 15 is 0 Å². The molecule has 1 aromatic carbocycles. The maximum Gasteiger partial charge on any atom is 0.226 e. The average molecular weight is 364 g/mol. The lowest BCUT2D eigenvalue weighted by Gasteiger charge is -2.61. The molecule has 27 heavy (non-hydrogen) atoms. The van der Waals surface area contributed by atoms with Crippen LogP contribution in [-0.4, -0.2) is 15.5 Å². The second kappa shape index (κ2) is 5.95. The topological polar surface area (TPSA) is 46.9 Å². The Kier molecular flexibility index (Phi) is 3.75. The van der Waals surface area contributed by atoms with Gasteiger partial charge in [0.2, 0.25) is 5.91 Å². The Morgan fingerprint density at radius 1 is 1.19 bits per heavy atom. The molecule has 2 atom stereocenters. The molecule has 0 radical (unpaired) electrons. The molecular formula is C23H29N3O. The van der Waals surface area contributed by atoms with E-state index in [1.807, 2.05) is 17.8 Å². The zero-order chi connectivity index (χ0) is 18.6. The molecule has 1 N–H and O–H groups in total. The lowest BCUT2D eigenvalue weighted by atomic mass is 9.42. The molecule has 4 aliphatic carbocycles. The van der Waals surface area contributed by atoms with Gasteiger partial charge in [0.1, 0.15) is 0 Å². The second-order valence-electron chi connectivity index (χ2n) is 9.60. The van der Waals surface area contributed by atoms with E-state index in [1.54, 1.807) is 6.33 Å². The van der Waals surface area contributed by atoms with Crippen LogP contribution in [0.3, 0.4) is 0 Å². The predicted molar refractivity (Wildman–Crippen MR) is 105 cm³/mol.